The number of anilines is 1. The number of rotatable bonds is 6. The highest BCUT2D eigenvalue weighted by Crippen LogP contribution is 2.26. The fourth-order valence-electron chi connectivity index (χ4n) is 3.24. The molecule has 1 saturated heterocycles. The second-order valence-electron chi connectivity index (χ2n) is 6.91. The lowest BCUT2D eigenvalue weighted by molar-refractivity contribution is 0.0420. The molecule has 1 aromatic heterocycles. The van der Waals surface area contributed by atoms with E-state index in [0.717, 1.165) is 44.7 Å². The monoisotopic (exact) mass is 362 g/mol. The Morgan fingerprint density at radius 2 is 1.62 bits per heavy atom. The van der Waals surface area contributed by atoms with Crippen LogP contribution in [0.2, 0.25) is 0 Å². The highest BCUT2D eigenvalue weighted by Gasteiger charge is 2.24. The summed E-state index contributed by atoms with van der Waals surface area (Å²) in [6, 6.07) is 6.02. The Hall–Kier alpha value is -2.12. The second-order valence-corrected chi connectivity index (χ2v) is 6.91. The van der Waals surface area contributed by atoms with Crippen LogP contribution in [0.5, 0.6) is 0 Å². The third-order valence-electron chi connectivity index (χ3n) is 4.87. The van der Waals surface area contributed by atoms with Crippen LogP contribution < -0.4 is 4.90 Å². The van der Waals surface area contributed by atoms with Crippen LogP contribution in [0, 0.1) is 11.6 Å². The molecule has 1 aliphatic rings. The maximum absolute atomic E-state index is 13.0. The van der Waals surface area contributed by atoms with Gasteiger partial charge in [-0.15, -0.1) is 0 Å². The summed E-state index contributed by atoms with van der Waals surface area (Å²) in [4.78, 5) is 12.4. The number of hydrogen-bond donors (Lipinski definition) is 1. The van der Waals surface area contributed by atoms with Crippen molar-refractivity contribution >= 4 is 5.95 Å². The fraction of sp³-hybridized carbons (Fsp3) is 0.474. The number of hydrogen-bond acceptors (Lipinski definition) is 5. The van der Waals surface area contributed by atoms with Crippen molar-refractivity contribution in [3.63, 3.8) is 0 Å². The van der Waals surface area contributed by atoms with E-state index < -0.39 is 11.4 Å². The van der Waals surface area contributed by atoms with Gasteiger partial charge in [-0.1, -0.05) is 12.1 Å². The number of nitrogens with zero attached hydrogens (tertiary/aromatic N) is 4. The molecule has 3 rings (SSSR count). The molecule has 0 bridgehead atoms. The lowest BCUT2D eigenvalue weighted by atomic mass is 9.91. The van der Waals surface area contributed by atoms with Crippen LogP contribution in [0.1, 0.15) is 25.3 Å². The van der Waals surface area contributed by atoms with Gasteiger partial charge in [0, 0.05) is 26.2 Å². The van der Waals surface area contributed by atoms with Crippen LogP contribution in [0.25, 0.3) is 0 Å². The van der Waals surface area contributed by atoms with Crippen LogP contribution >= 0.6 is 0 Å². The standard InChI is InChI=1S/C19H24F2N4O/c1-19(26,15-3-5-16(20)6-4-15)7-2-8-24-9-11-25(12-10-24)18-22-13-17(21)14-23-18/h3-6,13-14,26H,2,7-12H2,1H3. The van der Waals surface area contributed by atoms with Crippen LogP contribution in [-0.4, -0.2) is 52.7 Å². The molecule has 0 saturated carbocycles. The van der Waals surface area contributed by atoms with Crippen molar-refractivity contribution in [2.45, 2.75) is 25.4 Å². The van der Waals surface area contributed by atoms with Gasteiger partial charge in [0.2, 0.25) is 5.95 Å². The van der Waals surface area contributed by atoms with Crippen LogP contribution in [-0.2, 0) is 5.60 Å². The first-order chi connectivity index (χ1) is 12.4. The zero-order valence-electron chi connectivity index (χ0n) is 14.9. The van der Waals surface area contributed by atoms with Crippen molar-refractivity contribution in [2.24, 2.45) is 0 Å². The summed E-state index contributed by atoms with van der Waals surface area (Å²) in [6.07, 6.45) is 3.83. The molecule has 1 fully saturated rings. The van der Waals surface area contributed by atoms with E-state index in [0.29, 0.717) is 12.4 Å². The Morgan fingerprint density at radius 1 is 1.00 bits per heavy atom. The largest absolute Gasteiger partial charge is 0.385 e. The molecule has 0 amide bonds. The van der Waals surface area contributed by atoms with Crippen molar-refractivity contribution in [2.75, 3.05) is 37.6 Å². The Labute approximate surface area is 152 Å². The Balaban J connectivity index is 1.43. The molecular weight excluding hydrogens is 338 g/mol. The second kappa shape index (κ2) is 8.05. The van der Waals surface area contributed by atoms with E-state index in [1.54, 1.807) is 19.1 Å². The van der Waals surface area contributed by atoms with Crippen molar-refractivity contribution in [1.29, 1.82) is 0 Å². The molecule has 1 atom stereocenters. The maximum Gasteiger partial charge on any atom is 0.225 e. The number of piperazine rings is 1. The zero-order chi connectivity index (χ0) is 18.6. The molecule has 140 valence electrons. The minimum atomic E-state index is -0.961. The van der Waals surface area contributed by atoms with Crippen LogP contribution in [0.15, 0.2) is 36.7 Å². The number of aliphatic hydroxyl groups is 1. The molecule has 1 aliphatic heterocycles. The van der Waals surface area contributed by atoms with Gasteiger partial charge in [0.05, 0.1) is 18.0 Å². The number of halogens is 2. The summed E-state index contributed by atoms with van der Waals surface area (Å²) in [5.74, 6) is -0.168. The molecule has 7 heteroatoms. The van der Waals surface area contributed by atoms with Crippen molar-refractivity contribution < 1.29 is 13.9 Å². The molecule has 26 heavy (non-hydrogen) atoms. The molecule has 1 unspecified atom stereocenters. The first kappa shape index (κ1) is 18.7. The molecule has 1 N–H and O–H groups in total. The smallest absolute Gasteiger partial charge is 0.225 e. The van der Waals surface area contributed by atoms with Gasteiger partial charge in [0.25, 0.3) is 0 Å². The summed E-state index contributed by atoms with van der Waals surface area (Å²) >= 11 is 0. The summed E-state index contributed by atoms with van der Waals surface area (Å²) in [6.45, 7) is 5.98. The molecular formula is C19H24F2N4O. The molecule has 5 nitrogen and oxygen atoms in total. The van der Waals surface area contributed by atoms with E-state index in [1.807, 2.05) is 4.90 Å². The average Bonchev–Trinajstić information content (AvgIpc) is 2.63. The topological polar surface area (TPSA) is 52.5 Å². The van der Waals surface area contributed by atoms with Gasteiger partial charge in [-0.3, -0.25) is 4.90 Å². The lowest BCUT2D eigenvalue weighted by Gasteiger charge is -2.35. The van der Waals surface area contributed by atoms with E-state index in [2.05, 4.69) is 14.9 Å². The van der Waals surface area contributed by atoms with E-state index in [-0.39, 0.29) is 5.82 Å². The van der Waals surface area contributed by atoms with Gasteiger partial charge < -0.3 is 10.0 Å². The number of aromatic nitrogens is 2. The quantitative estimate of drug-likeness (QED) is 0.856. The summed E-state index contributed by atoms with van der Waals surface area (Å²) < 4.78 is 25.9. The average molecular weight is 362 g/mol. The predicted molar refractivity (Wildman–Crippen MR) is 95.8 cm³/mol. The molecule has 1 aromatic carbocycles. The van der Waals surface area contributed by atoms with Crippen LogP contribution in [0.4, 0.5) is 14.7 Å². The van der Waals surface area contributed by atoms with Crippen LogP contribution in [0.3, 0.4) is 0 Å². The first-order valence-electron chi connectivity index (χ1n) is 8.87. The first-order valence-corrected chi connectivity index (χ1v) is 8.87. The summed E-state index contributed by atoms with van der Waals surface area (Å²) in [7, 11) is 0. The Kier molecular flexibility index (Phi) is 5.78. The SMILES string of the molecule is CC(O)(CCCN1CCN(c2ncc(F)cn2)CC1)c1ccc(F)cc1. The van der Waals surface area contributed by atoms with Gasteiger partial charge >= 0.3 is 0 Å². The van der Waals surface area contributed by atoms with Crippen molar-refractivity contribution in [1.82, 2.24) is 14.9 Å². The molecule has 0 spiro atoms. The minimum Gasteiger partial charge on any atom is -0.385 e. The van der Waals surface area contributed by atoms with E-state index in [1.165, 1.54) is 24.5 Å². The summed E-state index contributed by atoms with van der Waals surface area (Å²) in [5.41, 5.74) is -0.227. The van der Waals surface area contributed by atoms with E-state index in [9.17, 15) is 13.9 Å². The highest BCUT2D eigenvalue weighted by molar-refractivity contribution is 5.29. The van der Waals surface area contributed by atoms with Crippen molar-refractivity contribution in [3.05, 3.63) is 53.9 Å². The van der Waals surface area contributed by atoms with Crippen molar-refractivity contribution in [3.8, 4) is 0 Å². The predicted octanol–water partition coefficient (Wildman–Crippen LogP) is 2.56. The molecule has 2 heterocycles. The summed E-state index contributed by atoms with van der Waals surface area (Å²) in [5, 5.41) is 10.6. The van der Waals surface area contributed by atoms with E-state index >= 15 is 0 Å². The minimum absolute atomic E-state index is 0.299. The Morgan fingerprint density at radius 3 is 2.23 bits per heavy atom. The zero-order valence-corrected chi connectivity index (χ0v) is 14.9. The molecule has 0 aliphatic carbocycles. The normalized spacial score (nSPS) is 17.9. The van der Waals surface area contributed by atoms with Gasteiger partial charge in [0.1, 0.15) is 5.82 Å². The molecule has 0 radical (unpaired) electrons. The van der Waals surface area contributed by atoms with Gasteiger partial charge in [-0.2, -0.15) is 0 Å². The maximum atomic E-state index is 13.0. The third-order valence-corrected chi connectivity index (χ3v) is 4.87. The number of benzene rings is 1. The van der Waals surface area contributed by atoms with Gasteiger partial charge in [-0.25, -0.2) is 18.7 Å². The van der Waals surface area contributed by atoms with E-state index in [4.69, 9.17) is 0 Å². The lowest BCUT2D eigenvalue weighted by Crippen LogP contribution is -2.47. The van der Waals surface area contributed by atoms with Gasteiger partial charge in [-0.05, 0) is 44.0 Å². The third kappa shape index (κ3) is 4.74. The molecule has 2 aromatic rings. The van der Waals surface area contributed by atoms with Gasteiger partial charge in [0.15, 0.2) is 5.82 Å². The Bertz CT molecular complexity index is 698. The highest BCUT2D eigenvalue weighted by atomic mass is 19.1. The fourth-order valence-corrected chi connectivity index (χ4v) is 3.24.